The predicted molar refractivity (Wildman–Crippen MR) is 152 cm³/mol. The zero-order valence-corrected chi connectivity index (χ0v) is 22.5. The van der Waals surface area contributed by atoms with Crippen molar-refractivity contribution in [3.63, 3.8) is 0 Å². The molecule has 0 aliphatic carbocycles. The van der Waals surface area contributed by atoms with Crippen LogP contribution in [0.4, 0.5) is 11.4 Å². The Morgan fingerprint density at radius 1 is 0.684 bits per heavy atom. The van der Waals surface area contributed by atoms with E-state index < -0.39 is 0 Å². The number of methoxy groups -OCH3 is 2. The van der Waals surface area contributed by atoms with E-state index in [1.807, 2.05) is 60.7 Å². The zero-order valence-electron chi connectivity index (χ0n) is 20.8. The Labute approximate surface area is 229 Å². The highest BCUT2D eigenvalue weighted by atomic mass is 32.2. The van der Waals surface area contributed by atoms with E-state index in [1.165, 1.54) is 23.5 Å². The highest BCUT2D eigenvalue weighted by Gasteiger charge is 2.13. The van der Waals surface area contributed by atoms with E-state index in [-0.39, 0.29) is 23.3 Å². The number of benzene rings is 2. The summed E-state index contributed by atoms with van der Waals surface area (Å²) in [6.45, 7) is 0. The number of anilines is 2. The minimum absolute atomic E-state index is 0.158. The van der Waals surface area contributed by atoms with Crippen molar-refractivity contribution in [2.24, 2.45) is 0 Å². The smallest absolute Gasteiger partial charge is 0.234 e. The van der Waals surface area contributed by atoms with Crippen LogP contribution in [0.2, 0.25) is 0 Å². The average molecular weight is 547 g/mol. The summed E-state index contributed by atoms with van der Waals surface area (Å²) in [5, 5.41) is 7.36. The van der Waals surface area contributed by atoms with Gasteiger partial charge in [-0.05, 0) is 59.7 Å². The second kappa shape index (κ2) is 13.5. The molecule has 10 heteroatoms. The first-order valence-corrected chi connectivity index (χ1v) is 13.6. The van der Waals surface area contributed by atoms with E-state index in [4.69, 9.17) is 9.47 Å². The third-order valence-corrected chi connectivity index (χ3v) is 7.15. The number of ether oxygens (including phenoxy) is 2. The number of amides is 2. The van der Waals surface area contributed by atoms with Crippen LogP contribution in [-0.4, -0.2) is 47.5 Å². The van der Waals surface area contributed by atoms with Crippen LogP contribution in [0, 0.1) is 0 Å². The third-order valence-electron chi connectivity index (χ3n) is 5.26. The van der Waals surface area contributed by atoms with Gasteiger partial charge < -0.3 is 20.1 Å². The van der Waals surface area contributed by atoms with Gasteiger partial charge in [0, 0.05) is 12.4 Å². The van der Waals surface area contributed by atoms with Crippen molar-refractivity contribution in [1.29, 1.82) is 0 Å². The van der Waals surface area contributed by atoms with Gasteiger partial charge in [0.15, 0.2) is 0 Å². The van der Waals surface area contributed by atoms with Crippen molar-refractivity contribution in [2.75, 3.05) is 36.4 Å². The lowest BCUT2D eigenvalue weighted by Gasteiger charge is -2.14. The highest BCUT2D eigenvalue weighted by Crippen LogP contribution is 2.35. The van der Waals surface area contributed by atoms with Crippen LogP contribution in [0.5, 0.6) is 11.5 Å². The van der Waals surface area contributed by atoms with Crippen molar-refractivity contribution in [3.8, 4) is 22.6 Å². The Kier molecular flexibility index (Phi) is 9.60. The molecule has 0 spiro atoms. The molecular weight excluding hydrogens is 520 g/mol. The number of hydrogen-bond acceptors (Lipinski definition) is 8. The maximum atomic E-state index is 12.5. The zero-order chi connectivity index (χ0) is 26.7. The van der Waals surface area contributed by atoms with E-state index >= 15 is 0 Å². The molecule has 0 aliphatic heterocycles. The number of thioether (sulfide) groups is 2. The fourth-order valence-electron chi connectivity index (χ4n) is 3.46. The van der Waals surface area contributed by atoms with Gasteiger partial charge in [0.25, 0.3) is 0 Å². The van der Waals surface area contributed by atoms with Gasteiger partial charge in [-0.3, -0.25) is 9.59 Å². The SMILES string of the molecule is COc1cc(-c2ccc(NC(=O)CSc3ccccn3)c(OC)c2)ccc1NC(=O)CSc1ccccn1. The van der Waals surface area contributed by atoms with Crippen LogP contribution >= 0.6 is 23.5 Å². The number of rotatable bonds is 11. The number of pyridine rings is 2. The summed E-state index contributed by atoms with van der Waals surface area (Å²) in [7, 11) is 3.11. The molecule has 2 aromatic heterocycles. The fraction of sp³-hybridized carbons (Fsp3) is 0.143. The van der Waals surface area contributed by atoms with Crippen LogP contribution in [0.15, 0.2) is 95.2 Å². The van der Waals surface area contributed by atoms with Gasteiger partial charge >= 0.3 is 0 Å². The lowest BCUT2D eigenvalue weighted by Crippen LogP contribution is -2.15. The summed E-state index contributed by atoms with van der Waals surface area (Å²) in [5.41, 5.74) is 2.88. The van der Waals surface area contributed by atoms with Crippen LogP contribution < -0.4 is 20.1 Å². The number of hydrogen-bond donors (Lipinski definition) is 2. The summed E-state index contributed by atoms with van der Waals surface area (Å²) >= 11 is 2.72. The molecular formula is C28H26N4O4S2. The Morgan fingerprint density at radius 3 is 1.50 bits per heavy atom. The van der Waals surface area contributed by atoms with Crippen LogP contribution in [0.3, 0.4) is 0 Å². The van der Waals surface area contributed by atoms with Gasteiger partial charge in [0.05, 0.1) is 47.2 Å². The van der Waals surface area contributed by atoms with Crippen molar-refractivity contribution < 1.29 is 19.1 Å². The second-order valence-electron chi connectivity index (χ2n) is 7.84. The standard InChI is InChI=1S/C28H26N4O4S2/c1-35-23-15-19(9-11-21(23)31-25(33)17-37-27-7-3-5-13-29-27)20-10-12-22(24(16-20)36-2)32-26(34)18-38-28-8-4-6-14-30-28/h3-16H,17-18H2,1-2H3,(H,31,33)(H,32,34). The van der Waals surface area contributed by atoms with E-state index in [9.17, 15) is 9.59 Å². The molecule has 194 valence electrons. The van der Waals surface area contributed by atoms with Gasteiger partial charge in [-0.1, -0.05) is 47.8 Å². The van der Waals surface area contributed by atoms with Crippen molar-refractivity contribution in [2.45, 2.75) is 10.1 Å². The number of carbonyl (C=O) groups is 2. The van der Waals surface area contributed by atoms with Crippen LogP contribution in [0.1, 0.15) is 0 Å². The topological polar surface area (TPSA) is 102 Å². The van der Waals surface area contributed by atoms with Crippen molar-refractivity contribution in [1.82, 2.24) is 9.97 Å². The molecule has 8 nitrogen and oxygen atoms in total. The van der Waals surface area contributed by atoms with Gasteiger partial charge in [0.2, 0.25) is 11.8 Å². The average Bonchev–Trinajstić information content (AvgIpc) is 2.96. The van der Waals surface area contributed by atoms with E-state index in [1.54, 1.807) is 38.7 Å². The third kappa shape index (κ3) is 7.50. The molecule has 0 bridgehead atoms. The normalized spacial score (nSPS) is 10.5. The largest absolute Gasteiger partial charge is 0.495 e. The molecule has 0 atom stereocenters. The first-order valence-electron chi connectivity index (χ1n) is 11.6. The Bertz CT molecular complexity index is 1280. The monoisotopic (exact) mass is 546 g/mol. The summed E-state index contributed by atoms with van der Waals surface area (Å²) in [5.74, 6) is 1.20. The Hall–Kier alpha value is -4.02. The summed E-state index contributed by atoms with van der Waals surface area (Å²) in [6, 6.07) is 22.2. The minimum Gasteiger partial charge on any atom is -0.495 e. The van der Waals surface area contributed by atoms with Gasteiger partial charge in [-0.25, -0.2) is 9.97 Å². The lowest BCUT2D eigenvalue weighted by atomic mass is 10.0. The first-order chi connectivity index (χ1) is 18.6. The van der Waals surface area contributed by atoms with Crippen LogP contribution in [0.25, 0.3) is 11.1 Å². The van der Waals surface area contributed by atoms with Gasteiger partial charge in [0.1, 0.15) is 11.5 Å². The maximum absolute atomic E-state index is 12.5. The number of nitrogens with one attached hydrogen (secondary N) is 2. The van der Waals surface area contributed by atoms with Gasteiger partial charge in [-0.15, -0.1) is 0 Å². The molecule has 38 heavy (non-hydrogen) atoms. The lowest BCUT2D eigenvalue weighted by molar-refractivity contribution is -0.114. The molecule has 0 saturated carbocycles. The minimum atomic E-state index is -0.158. The second-order valence-corrected chi connectivity index (χ2v) is 9.83. The number of carbonyl (C=O) groups excluding carboxylic acids is 2. The molecule has 0 aliphatic rings. The number of nitrogens with zero attached hydrogens (tertiary/aromatic N) is 2. The van der Waals surface area contributed by atoms with Crippen LogP contribution in [-0.2, 0) is 9.59 Å². The van der Waals surface area contributed by atoms with Crippen molar-refractivity contribution in [3.05, 3.63) is 85.2 Å². The fourth-order valence-corrected chi connectivity index (χ4v) is 4.79. The van der Waals surface area contributed by atoms with E-state index in [0.29, 0.717) is 22.9 Å². The Morgan fingerprint density at radius 2 is 1.13 bits per heavy atom. The molecule has 0 radical (unpaired) electrons. The van der Waals surface area contributed by atoms with E-state index in [2.05, 4.69) is 20.6 Å². The number of aromatic nitrogens is 2. The highest BCUT2D eigenvalue weighted by molar-refractivity contribution is 8.00. The predicted octanol–water partition coefficient (Wildman–Crippen LogP) is 5.62. The molecule has 4 aromatic rings. The molecule has 2 aromatic carbocycles. The Balaban J connectivity index is 1.41. The maximum Gasteiger partial charge on any atom is 0.234 e. The quantitative estimate of drug-likeness (QED) is 0.234. The molecule has 4 rings (SSSR count). The molecule has 2 N–H and O–H groups in total. The molecule has 2 amide bonds. The van der Waals surface area contributed by atoms with Crippen molar-refractivity contribution >= 4 is 46.7 Å². The molecule has 0 saturated heterocycles. The molecule has 0 fully saturated rings. The summed E-state index contributed by atoms with van der Waals surface area (Å²) in [6.07, 6.45) is 3.39. The first kappa shape index (κ1) is 27.0. The summed E-state index contributed by atoms with van der Waals surface area (Å²) in [4.78, 5) is 33.4. The summed E-state index contributed by atoms with van der Waals surface area (Å²) < 4.78 is 11.1. The van der Waals surface area contributed by atoms with E-state index in [0.717, 1.165) is 21.2 Å². The molecule has 2 heterocycles. The molecule has 0 unspecified atom stereocenters. The van der Waals surface area contributed by atoms with Gasteiger partial charge in [-0.2, -0.15) is 0 Å².